The fraction of sp³-hybridized carbons (Fsp3) is 1.00. The maximum atomic E-state index is 11.6. The third-order valence-corrected chi connectivity index (χ3v) is 1.54. The van der Waals surface area contributed by atoms with Crippen molar-refractivity contribution >= 4 is 22.6 Å². The molecule has 0 N–H and O–H groups in total. The molecule has 0 radical (unpaired) electrons. The Hall–Kier alpha value is 0.520. The van der Waals surface area contributed by atoms with Gasteiger partial charge in [0.15, 0.2) is 0 Å². The summed E-state index contributed by atoms with van der Waals surface area (Å²) in [7, 11) is 0. The molecule has 0 unspecified atom stereocenters. The van der Waals surface area contributed by atoms with Gasteiger partial charge in [-0.05, 0) is 6.42 Å². The minimum Gasteiger partial charge on any atom is -0.171 e. The Bertz CT molecular complexity index is 86.5. The molecule has 0 spiro atoms. The first-order chi connectivity index (χ1) is 4.21. The zero-order chi connectivity index (χ0) is 8.41. The van der Waals surface area contributed by atoms with Crippen LogP contribution in [0.4, 0.5) is 13.2 Å². The lowest BCUT2D eigenvalue weighted by Gasteiger charge is -2.16. The molecule has 0 aliphatic heterocycles. The van der Waals surface area contributed by atoms with Crippen molar-refractivity contribution in [2.75, 3.05) is 0 Å². The molecule has 0 aromatic carbocycles. The molecule has 0 aliphatic rings. The summed E-state index contributed by atoms with van der Waals surface area (Å²) in [5.41, 5.74) is 0. The van der Waals surface area contributed by atoms with Crippen LogP contribution in [0.5, 0.6) is 0 Å². The maximum Gasteiger partial charge on any atom is 0.389 e. The molecule has 62 valence electrons. The highest BCUT2D eigenvalue weighted by Gasteiger charge is 2.29. The predicted octanol–water partition coefficient (Wildman–Crippen LogP) is 3.54. The van der Waals surface area contributed by atoms with E-state index in [0.717, 1.165) is 0 Å². The zero-order valence-corrected chi connectivity index (χ0v) is 8.08. The van der Waals surface area contributed by atoms with Gasteiger partial charge in [-0.15, -0.1) is 0 Å². The van der Waals surface area contributed by atoms with Crippen molar-refractivity contribution in [1.29, 1.82) is 0 Å². The topological polar surface area (TPSA) is 0 Å². The standard InChI is InChI=1S/C6H10F3I/c1-5(2,10)3-4-6(7,8)9/h3-4H2,1-2H3. The monoisotopic (exact) mass is 266 g/mol. The van der Waals surface area contributed by atoms with Crippen molar-refractivity contribution in [2.24, 2.45) is 0 Å². The van der Waals surface area contributed by atoms with Gasteiger partial charge >= 0.3 is 6.18 Å². The number of halogens is 4. The fourth-order valence-electron chi connectivity index (χ4n) is 0.439. The van der Waals surface area contributed by atoms with Gasteiger partial charge in [-0.2, -0.15) is 13.2 Å². The van der Waals surface area contributed by atoms with Gasteiger partial charge in [0.2, 0.25) is 0 Å². The first kappa shape index (κ1) is 10.5. The molecular formula is C6H10F3I. The Labute approximate surface area is 72.3 Å². The van der Waals surface area contributed by atoms with Crippen LogP contribution >= 0.6 is 22.6 Å². The van der Waals surface area contributed by atoms with Gasteiger partial charge in [0.1, 0.15) is 0 Å². The second kappa shape index (κ2) is 3.28. The van der Waals surface area contributed by atoms with Gasteiger partial charge in [0.05, 0.1) is 0 Å². The third kappa shape index (κ3) is 8.52. The van der Waals surface area contributed by atoms with Crippen molar-refractivity contribution in [2.45, 2.75) is 36.3 Å². The molecule has 0 rings (SSSR count). The van der Waals surface area contributed by atoms with Crippen molar-refractivity contribution in [3.63, 3.8) is 0 Å². The molecule has 0 aromatic heterocycles. The number of alkyl halides is 4. The summed E-state index contributed by atoms with van der Waals surface area (Å²) in [6.45, 7) is 3.58. The number of hydrogen-bond donors (Lipinski definition) is 0. The first-order valence-corrected chi connectivity index (χ1v) is 4.04. The van der Waals surface area contributed by atoms with E-state index in [1.54, 1.807) is 13.8 Å². The fourth-order valence-corrected chi connectivity index (χ4v) is 0.709. The lowest BCUT2D eigenvalue weighted by molar-refractivity contribution is -0.136. The molecule has 0 aliphatic carbocycles. The average molecular weight is 266 g/mol. The first-order valence-electron chi connectivity index (χ1n) is 2.96. The summed E-state index contributed by atoms with van der Waals surface area (Å²) in [5.74, 6) is 0. The quantitative estimate of drug-likeness (QED) is 0.529. The van der Waals surface area contributed by atoms with E-state index in [2.05, 4.69) is 0 Å². The molecule has 0 fully saturated rings. The van der Waals surface area contributed by atoms with E-state index < -0.39 is 12.6 Å². The van der Waals surface area contributed by atoms with Crippen LogP contribution in [-0.2, 0) is 0 Å². The molecule has 0 amide bonds. The Morgan fingerprint density at radius 2 is 1.50 bits per heavy atom. The number of rotatable bonds is 2. The largest absolute Gasteiger partial charge is 0.389 e. The second-order valence-electron chi connectivity index (χ2n) is 2.83. The summed E-state index contributed by atoms with van der Waals surface area (Å²) in [6.07, 6.45) is -4.48. The van der Waals surface area contributed by atoms with Gasteiger partial charge in [0.25, 0.3) is 0 Å². The summed E-state index contributed by atoms with van der Waals surface area (Å²) < 4.78 is 34.5. The molecular weight excluding hydrogens is 256 g/mol. The van der Waals surface area contributed by atoms with Crippen LogP contribution in [0, 0.1) is 0 Å². The van der Waals surface area contributed by atoms with Crippen molar-refractivity contribution in [3.8, 4) is 0 Å². The molecule has 10 heavy (non-hydrogen) atoms. The third-order valence-electron chi connectivity index (χ3n) is 1.00. The highest BCUT2D eigenvalue weighted by Crippen LogP contribution is 2.30. The molecule has 0 saturated heterocycles. The van der Waals surface area contributed by atoms with Crippen LogP contribution in [0.15, 0.2) is 0 Å². The van der Waals surface area contributed by atoms with Gasteiger partial charge in [-0.3, -0.25) is 0 Å². The minimum atomic E-state index is -4.00. The van der Waals surface area contributed by atoms with E-state index in [4.69, 9.17) is 0 Å². The van der Waals surface area contributed by atoms with Crippen molar-refractivity contribution < 1.29 is 13.2 Å². The van der Waals surface area contributed by atoms with E-state index >= 15 is 0 Å². The summed E-state index contributed by atoms with van der Waals surface area (Å²) >= 11 is 2.02. The van der Waals surface area contributed by atoms with E-state index in [0.29, 0.717) is 0 Å². The van der Waals surface area contributed by atoms with E-state index in [9.17, 15) is 13.2 Å². The van der Waals surface area contributed by atoms with Crippen LogP contribution in [0.25, 0.3) is 0 Å². The maximum absolute atomic E-state index is 11.6. The Morgan fingerprint density at radius 1 is 1.10 bits per heavy atom. The summed E-state index contributed by atoms with van der Waals surface area (Å²) in [5, 5.41) is 0. The van der Waals surface area contributed by atoms with Crippen LogP contribution < -0.4 is 0 Å². The normalized spacial score (nSPS) is 13.8. The van der Waals surface area contributed by atoms with Crippen LogP contribution in [0.2, 0.25) is 0 Å². The molecule has 0 saturated carbocycles. The van der Waals surface area contributed by atoms with E-state index in [-0.39, 0.29) is 9.84 Å². The molecule has 0 atom stereocenters. The lowest BCUT2D eigenvalue weighted by Crippen LogP contribution is -2.15. The Kier molecular flexibility index (Phi) is 3.45. The molecule has 0 bridgehead atoms. The van der Waals surface area contributed by atoms with E-state index in [1.165, 1.54) is 0 Å². The van der Waals surface area contributed by atoms with Crippen molar-refractivity contribution in [3.05, 3.63) is 0 Å². The second-order valence-corrected chi connectivity index (χ2v) is 5.75. The predicted molar refractivity (Wildman–Crippen MR) is 43.4 cm³/mol. The smallest absolute Gasteiger partial charge is 0.171 e. The van der Waals surface area contributed by atoms with Gasteiger partial charge < -0.3 is 0 Å². The van der Waals surface area contributed by atoms with Crippen LogP contribution in [0.1, 0.15) is 26.7 Å². The minimum absolute atomic E-state index is 0.192. The highest BCUT2D eigenvalue weighted by molar-refractivity contribution is 14.1. The number of hydrogen-bond acceptors (Lipinski definition) is 0. The molecule has 0 heterocycles. The van der Waals surface area contributed by atoms with E-state index in [1.807, 2.05) is 22.6 Å². The van der Waals surface area contributed by atoms with Crippen LogP contribution in [0.3, 0.4) is 0 Å². The van der Waals surface area contributed by atoms with Crippen molar-refractivity contribution in [1.82, 2.24) is 0 Å². The lowest BCUT2D eigenvalue weighted by atomic mass is 10.1. The molecule has 0 aromatic rings. The molecule has 4 heteroatoms. The summed E-state index contributed by atoms with van der Waals surface area (Å²) in [4.78, 5) is 0. The van der Waals surface area contributed by atoms with Gasteiger partial charge in [0, 0.05) is 9.84 Å². The van der Waals surface area contributed by atoms with Gasteiger partial charge in [-0.1, -0.05) is 36.4 Å². The zero-order valence-electron chi connectivity index (χ0n) is 5.93. The highest BCUT2D eigenvalue weighted by atomic mass is 127. The van der Waals surface area contributed by atoms with Crippen LogP contribution in [-0.4, -0.2) is 9.60 Å². The Balaban J connectivity index is 3.56. The SMILES string of the molecule is CC(C)(I)CCC(F)(F)F. The average Bonchev–Trinajstić information content (AvgIpc) is 1.57. The Morgan fingerprint density at radius 3 is 1.60 bits per heavy atom. The van der Waals surface area contributed by atoms with Gasteiger partial charge in [-0.25, -0.2) is 0 Å². The molecule has 0 nitrogen and oxygen atoms in total. The summed E-state index contributed by atoms with van der Waals surface area (Å²) in [6, 6.07) is 0.